The minimum atomic E-state index is -0.108. The second-order valence-electron chi connectivity index (χ2n) is 5.66. The van der Waals surface area contributed by atoms with E-state index in [1.54, 1.807) is 0 Å². The molecule has 1 aliphatic carbocycles. The van der Waals surface area contributed by atoms with Gasteiger partial charge >= 0.3 is 0 Å². The second kappa shape index (κ2) is 5.12. The van der Waals surface area contributed by atoms with Crippen molar-refractivity contribution >= 4 is 5.91 Å². The molecule has 100 valence electrons. The first-order valence-electron chi connectivity index (χ1n) is 6.89. The van der Waals surface area contributed by atoms with Gasteiger partial charge in [-0.3, -0.25) is 9.48 Å². The smallest absolute Gasteiger partial charge is 0.220 e. The lowest BCUT2D eigenvalue weighted by Crippen LogP contribution is -2.34. The fraction of sp³-hybridized carbons (Fsp3) is 0.714. The van der Waals surface area contributed by atoms with Gasteiger partial charge in [-0.15, -0.1) is 0 Å². The Morgan fingerprint density at radius 1 is 1.56 bits per heavy atom. The molecule has 2 rings (SSSR count). The van der Waals surface area contributed by atoms with Gasteiger partial charge in [-0.1, -0.05) is 20.8 Å². The van der Waals surface area contributed by atoms with Gasteiger partial charge in [0.05, 0.1) is 11.7 Å². The molecule has 0 bridgehead atoms. The molecule has 0 radical (unpaired) electrons. The van der Waals surface area contributed by atoms with Gasteiger partial charge in [-0.2, -0.15) is 5.10 Å². The quantitative estimate of drug-likeness (QED) is 0.841. The molecule has 0 atom stereocenters. The second-order valence-corrected chi connectivity index (χ2v) is 5.66. The third-order valence-electron chi connectivity index (χ3n) is 3.57. The molecule has 4 heteroatoms. The summed E-state index contributed by atoms with van der Waals surface area (Å²) in [6.07, 6.45) is 7.75. The van der Waals surface area contributed by atoms with Crippen LogP contribution in [-0.4, -0.2) is 15.7 Å². The summed E-state index contributed by atoms with van der Waals surface area (Å²) in [4.78, 5) is 11.5. The average molecular weight is 249 g/mol. The lowest BCUT2D eigenvalue weighted by Gasteiger charge is -2.14. The van der Waals surface area contributed by atoms with Crippen LogP contribution in [0.15, 0.2) is 12.4 Å². The lowest BCUT2D eigenvalue weighted by atomic mass is 10.1. The number of carbonyl (C=O) groups excluding carboxylic acids is 1. The molecule has 0 aliphatic heterocycles. The van der Waals surface area contributed by atoms with E-state index in [1.807, 2.05) is 17.8 Å². The largest absolute Gasteiger partial charge is 0.346 e. The number of nitrogens with one attached hydrogen (secondary N) is 1. The van der Waals surface area contributed by atoms with E-state index in [9.17, 15) is 4.79 Å². The van der Waals surface area contributed by atoms with E-state index in [2.05, 4.69) is 30.5 Å². The first-order chi connectivity index (χ1) is 8.55. The van der Waals surface area contributed by atoms with E-state index >= 15 is 0 Å². The van der Waals surface area contributed by atoms with Crippen LogP contribution in [0.1, 0.15) is 52.0 Å². The number of aryl methyl sites for hydroxylation is 1. The van der Waals surface area contributed by atoms with Crippen molar-refractivity contribution in [2.75, 3.05) is 0 Å². The number of amides is 1. The molecule has 4 nitrogen and oxygen atoms in total. The van der Waals surface area contributed by atoms with Crippen LogP contribution in [0.5, 0.6) is 0 Å². The zero-order chi connectivity index (χ0) is 13.2. The molecular formula is C14H23N3O. The fourth-order valence-electron chi connectivity index (χ4n) is 2.09. The van der Waals surface area contributed by atoms with Gasteiger partial charge in [-0.25, -0.2) is 0 Å². The third kappa shape index (κ3) is 2.92. The maximum atomic E-state index is 11.5. The van der Waals surface area contributed by atoms with Crippen LogP contribution in [0.25, 0.3) is 0 Å². The molecule has 1 N–H and O–H groups in total. The Morgan fingerprint density at radius 3 is 2.83 bits per heavy atom. The van der Waals surface area contributed by atoms with Crippen molar-refractivity contribution in [3.05, 3.63) is 18.0 Å². The van der Waals surface area contributed by atoms with Gasteiger partial charge in [0, 0.05) is 24.7 Å². The van der Waals surface area contributed by atoms with E-state index in [-0.39, 0.29) is 11.4 Å². The average Bonchev–Trinajstić information content (AvgIpc) is 2.95. The first kappa shape index (κ1) is 13.1. The molecule has 0 unspecified atom stereocenters. The molecular weight excluding hydrogens is 226 g/mol. The van der Waals surface area contributed by atoms with Crippen molar-refractivity contribution in [3.63, 3.8) is 0 Å². The first-order valence-corrected chi connectivity index (χ1v) is 6.89. The van der Waals surface area contributed by atoms with Crippen molar-refractivity contribution in [1.82, 2.24) is 15.1 Å². The van der Waals surface area contributed by atoms with Crippen molar-refractivity contribution in [2.24, 2.45) is 5.92 Å². The highest BCUT2D eigenvalue weighted by atomic mass is 16.1. The van der Waals surface area contributed by atoms with Crippen molar-refractivity contribution in [2.45, 2.75) is 58.5 Å². The van der Waals surface area contributed by atoms with Crippen LogP contribution >= 0.6 is 0 Å². The van der Waals surface area contributed by atoms with Crippen molar-refractivity contribution in [3.8, 4) is 0 Å². The number of aromatic nitrogens is 2. The van der Waals surface area contributed by atoms with Crippen molar-refractivity contribution < 1.29 is 4.79 Å². The highest BCUT2D eigenvalue weighted by molar-refractivity contribution is 5.77. The molecule has 0 saturated heterocycles. The SMILES string of the molecule is CCC(=O)NC1(c2cnn(CCC(C)C)c2)CC1. The normalized spacial score (nSPS) is 16.9. The molecule has 1 amide bonds. The summed E-state index contributed by atoms with van der Waals surface area (Å²) in [7, 11) is 0. The van der Waals surface area contributed by atoms with Crippen LogP contribution in [-0.2, 0) is 16.9 Å². The van der Waals surface area contributed by atoms with E-state index in [0.29, 0.717) is 12.3 Å². The monoisotopic (exact) mass is 249 g/mol. The summed E-state index contributed by atoms with van der Waals surface area (Å²) in [6, 6.07) is 0. The summed E-state index contributed by atoms with van der Waals surface area (Å²) in [5.74, 6) is 0.815. The van der Waals surface area contributed by atoms with Gasteiger partial charge in [0.1, 0.15) is 0 Å². The zero-order valence-electron chi connectivity index (χ0n) is 11.6. The van der Waals surface area contributed by atoms with Gasteiger partial charge in [0.2, 0.25) is 5.91 Å². The molecule has 1 aromatic heterocycles. The maximum absolute atomic E-state index is 11.5. The summed E-state index contributed by atoms with van der Waals surface area (Å²) in [5.41, 5.74) is 1.05. The highest BCUT2D eigenvalue weighted by Gasteiger charge is 2.46. The molecule has 1 saturated carbocycles. The third-order valence-corrected chi connectivity index (χ3v) is 3.57. The number of carbonyl (C=O) groups is 1. The lowest BCUT2D eigenvalue weighted by molar-refractivity contribution is -0.121. The standard InChI is InChI=1S/C14H23N3O/c1-4-13(18)16-14(6-7-14)12-9-15-17(10-12)8-5-11(2)3/h9-11H,4-8H2,1-3H3,(H,16,18). The Hall–Kier alpha value is -1.32. The van der Waals surface area contributed by atoms with Gasteiger partial charge in [0.25, 0.3) is 0 Å². The Kier molecular flexibility index (Phi) is 3.73. The Balaban J connectivity index is 1.99. The van der Waals surface area contributed by atoms with Crippen LogP contribution < -0.4 is 5.32 Å². The van der Waals surface area contributed by atoms with E-state index < -0.39 is 0 Å². The van der Waals surface area contributed by atoms with Crippen LogP contribution in [0.3, 0.4) is 0 Å². The molecule has 1 fully saturated rings. The Bertz CT molecular complexity index is 418. The number of rotatable bonds is 6. The van der Waals surface area contributed by atoms with Gasteiger partial charge < -0.3 is 5.32 Å². The topological polar surface area (TPSA) is 46.9 Å². The minimum absolute atomic E-state index is 0.108. The maximum Gasteiger partial charge on any atom is 0.220 e. The Labute approximate surface area is 109 Å². The molecule has 18 heavy (non-hydrogen) atoms. The predicted molar refractivity (Wildman–Crippen MR) is 71.0 cm³/mol. The molecule has 0 aromatic carbocycles. The highest BCUT2D eigenvalue weighted by Crippen LogP contribution is 2.45. The van der Waals surface area contributed by atoms with Gasteiger partial charge in [-0.05, 0) is 25.2 Å². The molecule has 1 aliphatic rings. The van der Waals surface area contributed by atoms with Gasteiger partial charge in [0.15, 0.2) is 0 Å². The van der Waals surface area contributed by atoms with E-state index in [4.69, 9.17) is 0 Å². The number of hydrogen-bond acceptors (Lipinski definition) is 2. The van der Waals surface area contributed by atoms with E-state index in [1.165, 1.54) is 0 Å². The van der Waals surface area contributed by atoms with Crippen LogP contribution in [0.4, 0.5) is 0 Å². The van der Waals surface area contributed by atoms with E-state index in [0.717, 1.165) is 31.4 Å². The van der Waals surface area contributed by atoms with Crippen LogP contribution in [0, 0.1) is 5.92 Å². The molecule has 1 heterocycles. The fourth-order valence-corrected chi connectivity index (χ4v) is 2.09. The Morgan fingerprint density at radius 2 is 2.28 bits per heavy atom. The number of hydrogen-bond donors (Lipinski definition) is 1. The number of nitrogens with zero attached hydrogens (tertiary/aromatic N) is 2. The minimum Gasteiger partial charge on any atom is -0.346 e. The van der Waals surface area contributed by atoms with Crippen LogP contribution in [0.2, 0.25) is 0 Å². The predicted octanol–water partition coefficient (Wildman–Crippen LogP) is 2.44. The molecule has 1 aromatic rings. The van der Waals surface area contributed by atoms with Crippen molar-refractivity contribution in [1.29, 1.82) is 0 Å². The summed E-state index contributed by atoms with van der Waals surface area (Å²) in [6.45, 7) is 7.27. The summed E-state index contributed by atoms with van der Waals surface area (Å²) in [5, 5.41) is 7.51. The summed E-state index contributed by atoms with van der Waals surface area (Å²) >= 11 is 0. The molecule has 0 spiro atoms. The zero-order valence-corrected chi connectivity index (χ0v) is 11.6. The summed E-state index contributed by atoms with van der Waals surface area (Å²) < 4.78 is 1.99.